The molecule has 0 radical (unpaired) electrons. The fraction of sp³-hybridized carbons (Fsp3) is 0.500. The van der Waals surface area contributed by atoms with Crippen molar-refractivity contribution in [3.63, 3.8) is 0 Å². The molecule has 0 saturated heterocycles. The Bertz CT molecular complexity index is 388. The number of hydrogen-bond donors (Lipinski definition) is 0. The predicted octanol–water partition coefficient (Wildman–Crippen LogP) is 3.31. The van der Waals surface area contributed by atoms with Gasteiger partial charge >= 0.3 is 0 Å². The fourth-order valence-corrected chi connectivity index (χ4v) is 3.17. The number of halogens is 1. The van der Waals surface area contributed by atoms with Gasteiger partial charge in [-0.3, -0.25) is 0 Å². The first-order chi connectivity index (χ1) is 6.93. The predicted molar refractivity (Wildman–Crippen MR) is 68.8 cm³/mol. The molecule has 0 fully saturated rings. The summed E-state index contributed by atoms with van der Waals surface area (Å²) in [5, 5.41) is 1.08. The molecule has 0 amide bonds. The monoisotopic (exact) mass is 266 g/mol. The van der Waals surface area contributed by atoms with Gasteiger partial charge in [0.15, 0.2) is 0 Å². The molecular weight excluding hydrogens is 252 g/mol. The molecule has 0 atom stereocenters. The summed E-state index contributed by atoms with van der Waals surface area (Å²) < 4.78 is 22.7. The van der Waals surface area contributed by atoms with Crippen molar-refractivity contribution in [2.75, 3.05) is 11.6 Å². The van der Waals surface area contributed by atoms with E-state index < -0.39 is 8.87 Å². The molecule has 0 bridgehead atoms. The quantitative estimate of drug-likeness (QED) is 0.331. The third kappa shape index (κ3) is 6.85. The first-order valence-corrected chi connectivity index (χ1v) is 7.99. The Morgan fingerprint density at radius 1 is 1.40 bits per heavy atom. The summed E-state index contributed by atoms with van der Waals surface area (Å²) in [4.78, 5) is 0. The SMILES string of the molecule is CC=C=CS(=O)(=O)SC/C(C)=C(/C)CCl. The second-order valence-electron chi connectivity index (χ2n) is 3.02. The van der Waals surface area contributed by atoms with Gasteiger partial charge in [-0.1, -0.05) is 11.1 Å². The maximum Gasteiger partial charge on any atom is 0.230 e. The van der Waals surface area contributed by atoms with Crippen LogP contribution in [-0.2, 0) is 8.87 Å². The highest BCUT2D eigenvalue weighted by Gasteiger charge is 2.07. The van der Waals surface area contributed by atoms with Crippen LogP contribution in [0.1, 0.15) is 20.8 Å². The van der Waals surface area contributed by atoms with E-state index in [9.17, 15) is 8.42 Å². The minimum atomic E-state index is -3.21. The second-order valence-corrected chi connectivity index (χ2v) is 7.14. The summed E-state index contributed by atoms with van der Waals surface area (Å²) in [6.07, 6.45) is 1.56. The Morgan fingerprint density at radius 3 is 2.47 bits per heavy atom. The highest BCUT2D eigenvalue weighted by Crippen LogP contribution is 2.19. The van der Waals surface area contributed by atoms with Crippen LogP contribution in [0.25, 0.3) is 0 Å². The van der Waals surface area contributed by atoms with Crippen molar-refractivity contribution in [2.45, 2.75) is 20.8 Å². The smallest absolute Gasteiger partial charge is 0.212 e. The summed E-state index contributed by atoms with van der Waals surface area (Å²) in [5.74, 6) is 0.889. The molecule has 86 valence electrons. The van der Waals surface area contributed by atoms with Crippen LogP contribution in [0.3, 0.4) is 0 Å². The van der Waals surface area contributed by atoms with Gasteiger partial charge in [-0.15, -0.1) is 17.3 Å². The van der Waals surface area contributed by atoms with Crippen LogP contribution in [0.4, 0.5) is 0 Å². The molecule has 0 saturated carbocycles. The van der Waals surface area contributed by atoms with Gasteiger partial charge in [0.25, 0.3) is 0 Å². The molecule has 0 aromatic carbocycles. The van der Waals surface area contributed by atoms with E-state index in [1.807, 2.05) is 13.8 Å². The van der Waals surface area contributed by atoms with Gasteiger partial charge in [-0.25, -0.2) is 8.42 Å². The highest BCUT2D eigenvalue weighted by atomic mass is 35.5. The molecule has 0 N–H and O–H groups in total. The van der Waals surface area contributed by atoms with E-state index in [2.05, 4.69) is 5.73 Å². The van der Waals surface area contributed by atoms with Gasteiger partial charge < -0.3 is 0 Å². The molecule has 0 spiro atoms. The molecule has 2 nitrogen and oxygen atoms in total. The van der Waals surface area contributed by atoms with Crippen molar-refractivity contribution >= 4 is 31.3 Å². The maximum atomic E-state index is 11.4. The number of rotatable bonds is 5. The summed E-state index contributed by atoms with van der Waals surface area (Å²) in [6, 6.07) is 0. The molecule has 0 aliphatic carbocycles. The highest BCUT2D eigenvalue weighted by molar-refractivity contribution is 8.73. The zero-order valence-corrected chi connectivity index (χ0v) is 11.5. The van der Waals surface area contributed by atoms with E-state index in [1.54, 1.807) is 13.0 Å². The Hall–Kier alpha value is -0.150. The first-order valence-electron chi connectivity index (χ1n) is 4.40. The van der Waals surface area contributed by atoms with Gasteiger partial charge in [0.05, 0.1) is 5.41 Å². The lowest BCUT2D eigenvalue weighted by Gasteiger charge is -2.03. The first kappa shape index (κ1) is 14.8. The lowest BCUT2D eigenvalue weighted by atomic mass is 10.2. The van der Waals surface area contributed by atoms with Crippen LogP contribution >= 0.6 is 22.4 Å². The molecule has 0 aliphatic rings. The molecule has 5 heteroatoms. The lowest BCUT2D eigenvalue weighted by Crippen LogP contribution is -1.94. The Morgan fingerprint density at radius 2 is 2.00 bits per heavy atom. The summed E-state index contributed by atoms with van der Waals surface area (Å²) in [6.45, 7) is 5.51. The third-order valence-electron chi connectivity index (χ3n) is 1.75. The standard InChI is InChI=1S/C10H15ClO2S2/c1-4-5-6-15(12,13)14-8-10(3)9(2)7-11/h4,6H,7-8H2,1-3H3/b10-9-. The lowest BCUT2D eigenvalue weighted by molar-refractivity contribution is 0.618. The van der Waals surface area contributed by atoms with Crippen LogP contribution in [0.15, 0.2) is 28.4 Å². The van der Waals surface area contributed by atoms with Crippen LogP contribution in [0.2, 0.25) is 0 Å². The molecular formula is C10H15ClO2S2. The topological polar surface area (TPSA) is 34.1 Å². The molecule has 15 heavy (non-hydrogen) atoms. The largest absolute Gasteiger partial charge is 0.230 e. The van der Waals surface area contributed by atoms with Crippen molar-refractivity contribution < 1.29 is 8.42 Å². The minimum Gasteiger partial charge on any atom is -0.212 e. The number of allylic oxidation sites excluding steroid dienone is 2. The molecule has 0 rings (SSSR count). The van der Waals surface area contributed by atoms with Crippen molar-refractivity contribution in [1.29, 1.82) is 0 Å². The van der Waals surface area contributed by atoms with E-state index in [-0.39, 0.29) is 0 Å². The Labute approximate surface area is 100 Å². The Kier molecular flexibility index (Phi) is 7.11. The second kappa shape index (κ2) is 7.18. The van der Waals surface area contributed by atoms with Gasteiger partial charge in [0.2, 0.25) is 8.87 Å². The van der Waals surface area contributed by atoms with Gasteiger partial charge in [0.1, 0.15) is 0 Å². The minimum absolute atomic E-state index is 0.442. The average Bonchev–Trinajstić information content (AvgIpc) is 2.22. The normalized spacial score (nSPS) is 12.8. The van der Waals surface area contributed by atoms with Crippen LogP contribution < -0.4 is 0 Å². The fourth-order valence-electron chi connectivity index (χ4n) is 0.593. The number of alkyl halides is 1. The van der Waals surface area contributed by atoms with E-state index in [0.29, 0.717) is 11.6 Å². The summed E-state index contributed by atoms with van der Waals surface area (Å²) in [7, 11) is -2.32. The van der Waals surface area contributed by atoms with Crippen molar-refractivity contribution in [3.8, 4) is 0 Å². The molecule has 0 aromatic rings. The van der Waals surface area contributed by atoms with Crippen molar-refractivity contribution in [3.05, 3.63) is 28.4 Å². The van der Waals surface area contributed by atoms with Crippen LogP contribution in [-0.4, -0.2) is 20.1 Å². The van der Waals surface area contributed by atoms with Crippen molar-refractivity contribution in [2.24, 2.45) is 0 Å². The molecule has 0 aliphatic heterocycles. The summed E-state index contributed by atoms with van der Waals surface area (Å²) >= 11 is 5.64. The Balaban J connectivity index is 4.48. The van der Waals surface area contributed by atoms with Crippen LogP contribution in [0.5, 0.6) is 0 Å². The third-order valence-corrected chi connectivity index (χ3v) is 5.08. The van der Waals surface area contributed by atoms with Crippen molar-refractivity contribution in [1.82, 2.24) is 0 Å². The molecule has 0 unspecified atom stereocenters. The van der Waals surface area contributed by atoms with Gasteiger partial charge in [-0.2, -0.15) is 0 Å². The van der Waals surface area contributed by atoms with E-state index in [1.165, 1.54) is 0 Å². The zero-order valence-electron chi connectivity index (χ0n) is 9.08. The zero-order chi connectivity index (χ0) is 11.9. The molecule has 0 heterocycles. The average molecular weight is 267 g/mol. The van der Waals surface area contributed by atoms with Crippen LogP contribution in [0, 0.1) is 0 Å². The summed E-state index contributed by atoms with van der Waals surface area (Å²) in [5.41, 5.74) is 4.58. The molecule has 0 aromatic heterocycles. The van der Waals surface area contributed by atoms with E-state index in [4.69, 9.17) is 11.6 Å². The van der Waals surface area contributed by atoms with Gasteiger partial charge in [-0.05, 0) is 37.6 Å². The van der Waals surface area contributed by atoms with Gasteiger partial charge in [0, 0.05) is 11.6 Å². The van der Waals surface area contributed by atoms with E-state index >= 15 is 0 Å². The maximum absolute atomic E-state index is 11.4. The number of hydrogen-bond acceptors (Lipinski definition) is 3. The van der Waals surface area contributed by atoms with E-state index in [0.717, 1.165) is 27.3 Å².